The van der Waals surface area contributed by atoms with Crippen molar-refractivity contribution in [2.45, 2.75) is 19.1 Å². The number of aldehydes is 1. The number of imidazole rings is 1. The van der Waals surface area contributed by atoms with Gasteiger partial charge in [0.1, 0.15) is 6.29 Å². The van der Waals surface area contributed by atoms with Crippen LogP contribution in [0.4, 0.5) is 0 Å². The molecule has 0 bridgehead atoms. The van der Waals surface area contributed by atoms with Crippen molar-refractivity contribution in [2.24, 2.45) is 0 Å². The predicted octanol–water partition coefficient (Wildman–Crippen LogP) is 4.15. The Morgan fingerprint density at radius 1 is 0.963 bits per heavy atom. The molecule has 1 N–H and O–H groups in total. The number of carbonyl (C=O) groups is 1. The van der Waals surface area contributed by atoms with Crippen LogP contribution in [-0.4, -0.2) is 20.9 Å². The molecular formula is C23H20N2O2. The maximum atomic E-state index is 12.0. The largest absolute Gasteiger partial charge is 0.373 e. The first-order valence-corrected chi connectivity index (χ1v) is 8.98. The van der Waals surface area contributed by atoms with Gasteiger partial charge in [0.25, 0.3) is 0 Å². The van der Waals surface area contributed by atoms with Crippen LogP contribution in [0.25, 0.3) is 11.0 Å². The van der Waals surface area contributed by atoms with Crippen molar-refractivity contribution in [3.05, 3.63) is 101 Å². The fourth-order valence-corrected chi connectivity index (χ4v) is 3.59. The van der Waals surface area contributed by atoms with E-state index in [9.17, 15) is 9.90 Å². The zero-order valence-corrected chi connectivity index (χ0v) is 15.0. The Labute approximate surface area is 157 Å². The number of benzene rings is 3. The van der Waals surface area contributed by atoms with Crippen LogP contribution in [0.15, 0.2) is 78.9 Å². The topological polar surface area (TPSA) is 55.1 Å². The molecule has 27 heavy (non-hydrogen) atoms. The molecule has 3 aromatic carbocycles. The first kappa shape index (κ1) is 17.2. The number of hydrogen-bond acceptors (Lipinski definition) is 3. The second kappa shape index (κ2) is 6.82. The third-order valence-corrected chi connectivity index (χ3v) is 4.93. The van der Waals surface area contributed by atoms with Crippen LogP contribution in [0, 0.1) is 0 Å². The van der Waals surface area contributed by atoms with E-state index in [2.05, 4.69) is 0 Å². The third-order valence-electron chi connectivity index (χ3n) is 4.93. The molecule has 0 radical (unpaired) electrons. The van der Waals surface area contributed by atoms with Gasteiger partial charge in [0.15, 0.2) is 11.4 Å². The molecule has 0 amide bonds. The van der Waals surface area contributed by atoms with E-state index in [0.29, 0.717) is 17.9 Å². The van der Waals surface area contributed by atoms with E-state index in [1.807, 2.05) is 84.3 Å². The molecule has 0 aliphatic rings. The number of fused-ring (bicyclic) bond motifs is 1. The maximum Gasteiger partial charge on any atom is 0.173 e. The van der Waals surface area contributed by atoms with E-state index in [1.54, 1.807) is 6.07 Å². The van der Waals surface area contributed by atoms with Crippen LogP contribution in [-0.2, 0) is 12.1 Å². The highest BCUT2D eigenvalue weighted by Crippen LogP contribution is 2.37. The first-order valence-electron chi connectivity index (χ1n) is 8.98. The summed E-state index contributed by atoms with van der Waals surface area (Å²) in [6, 6.07) is 24.5. The van der Waals surface area contributed by atoms with Gasteiger partial charge in [-0.3, -0.25) is 4.79 Å². The Balaban J connectivity index is 2.06. The highest BCUT2D eigenvalue weighted by molar-refractivity contribution is 5.85. The van der Waals surface area contributed by atoms with Gasteiger partial charge in [-0.2, -0.15) is 0 Å². The predicted molar refractivity (Wildman–Crippen MR) is 106 cm³/mol. The fraction of sp³-hybridized carbons (Fsp3) is 0.130. The number of carbonyl (C=O) groups excluding carboxylic acids is 1. The number of aliphatic hydroxyl groups is 1. The van der Waals surface area contributed by atoms with Crippen molar-refractivity contribution < 1.29 is 9.90 Å². The summed E-state index contributed by atoms with van der Waals surface area (Å²) in [7, 11) is 0. The molecule has 1 aromatic heterocycles. The van der Waals surface area contributed by atoms with Crippen LogP contribution in [0.3, 0.4) is 0 Å². The van der Waals surface area contributed by atoms with Crippen molar-refractivity contribution in [3.8, 4) is 0 Å². The smallest absolute Gasteiger partial charge is 0.173 e. The molecule has 4 nitrogen and oxygen atoms in total. The quantitative estimate of drug-likeness (QED) is 0.547. The molecule has 0 aliphatic heterocycles. The molecule has 0 aliphatic carbocycles. The minimum atomic E-state index is -1.40. The summed E-state index contributed by atoms with van der Waals surface area (Å²) in [5.74, 6) is 0.542. The molecule has 0 atom stereocenters. The van der Waals surface area contributed by atoms with Gasteiger partial charge in [-0.15, -0.1) is 0 Å². The fourth-order valence-electron chi connectivity index (χ4n) is 3.59. The van der Waals surface area contributed by atoms with E-state index >= 15 is 0 Å². The van der Waals surface area contributed by atoms with E-state index in [1.165, 1.54) is 0 Å². The summed E-state index contributed by atoms with van der Waals surface area (Å²) in [6.45, 7) is 2.63. The summed E-state index contributed by atoms with van der Waals surface area (Å²) < 4.78 is 1.97. The molecule has 134 valence electrons. The average Bonchev–Trinajstić information content (AvgIpc) is 3.12. The molecule has 0 saturated carbocycles. The third kappa shape index (κ3) is 2.75. The van der Waals surface area contributed by atoms with Gasteiger partial charge in [-0.05, 0) is 36.2 Å². The average molecular weight is 356 g/mol. The van der Waals surface area contributed by atoms with E-state index in [4.69, 9.17) is 4.98 Å². The van der Waals surface area contributed by atoms with E-state index in [-0.39, 0.29) is 0 Å². The lowest BCUT2D eigenvalue weighted by Crippen LogP contribution is -2.32. The van der Waals surface area contributed by atoms with Gasteiger partial charge in [0.2, 0.25) is 0 Å². The van der Waals surface area contributed by atoms with Crippen LogP contribution in [0.1, 0.15) is 34.2 Å². The summed E-state index contributed by atoms with van der Waals surface area (Å²) in [5.41, 5.74) is 2.27. The van der Waals surface area contributed by atoms with Gasteiger partial charge in [0.05, 0.1) is 11.0 Å². The Morgan fingerprint density at radius 3 is 2.07 bits per heavy atom. The molecule has 0 fully saturated rings. The van der Waals surface area contributed by atoms with Crippen LogP contribution < -0.4 is 0 Å². The highest BCUT2D eigenvalue weighted by Gasteiger charge is 2.38. The standard InChI is InChI=1S/C23H20N2O2/c1-2-25-21-15-17(16-26)13-14-20(21)24-22(25)23(27,18-9-5-3-6-10-18)19-11-7-4-8-12-19/h3-16,27H,2H2,1H3. The second-order valence-electron chi connectivity index (χ2n) is 6.49. The monoisotopic (exact) mass is 356 g/mol. The Morgan fingerprint density at radius 2 is 1.56 bits per heavy atom. The Kier molecular flexibility index (Phi) is 4.34. The lowest BCUT2D eigenvalue weighted by molar-refractivity contribution is 0.112. The summed E-state index contributed by atoms with van der Waals surface area (Å²) >= 11 is 0. The van der Waals surface area contributed by atoms with Crippen molar-refractivity contribution in [1.29, 1.82) is 0 Å². The van der Waals surface area contributed by atoms with Crippen molar-refractivity contribution in [3.63, 3.8) is 0 Å². The van der Waals surface area contributed by atoms with E-state index < -0.39 is 5.60 Å². The summed E-state index contributed by atoms with van der Waals surface area (Å²) in [4.78, 5) is 16.0. The van der Waals surface area contributed by atoms with Gasteiger partial charge in [-0.25, -0.2) is 4.98 Å². The van der Waals surface area contributed by atoms with Crippen LogP contribution in [0.5, 0.6) is 0 Å². The number of aromatic nitrogens is 2. The minimum absolute atomic E-state index is 0.542. The second-order valence-corrected chi connectivity index (χ2v) is 6.49. The molecule has 0 saturated heterocycles. The highest BCUT2D eigenvalue weighted by atomic mass is 16.3. The molecular weight excluding hydrogens is 336 g/mol. The zero-order chi connectivity index (χ0) is 18.9. The van der Waals surface area contributed by atoms with Gasteiger partial charge in [0, 0.05) is 12.1 Å². The van der Waals surface area contributed by atoms with Gasteiger partial charge in [-0.1, -0.05) is 60.7 Å². The minimum Gasteiger partial charge on any atom is -0.373 e. The van der Waals surface area contributed by atoms with Gasteiger partial charge >= 0.3 is 0 Å². The summed E-state index contributed by atoms with van der Waals surface area (Å²) in [6.07, 6.45) is 0.826. The zero-order valence-electron chi connectivity index (χ0n) is 15.0. The molecule has 4 heteroatoms. The normalized spacial score (nSPS) is 11.6. The SMILES string of the molecule is CCn1c(C(O)(c2ccccc2)c2ccccc2)nc2ccc(C=O)cc21. The molecule has 0 unspecified atom stereocenters. The molecule has 4 rings (SSSR count). The Hall–Kier alpha value is -3.24. The van der Waals surface area contributed by atoms with Crippen LogP contribution in [0.2, 0.25) is 0 Å². The van der Waals surface area contributed by atoms with E-state index in [0.717, 1.165) is 28.4 Å². The first-order chi connectivity index (χ1) is 13.2. The molecule has 1 heterocycles. The van der Waals surface area contributed by atoms with Crippen LogP contribution >= 0.6 is 0 Å². The summed E-state index contributed by atoms with van der Waals surface area (Å²) in [5, 5.41) is 12.0. The number of rotatable bonds is 5. The van der Waals surface area contributed by atoms with Crippen molar-refractivity contribution >= 4 is 17.3 Å². The lowest BCUT2D eigenvalue weighted by atomic mass is 9.85. The molecule has 4 aromatic rings. The Bertz CT molecular complexity index is 1050. The maximum absolute atomic E-state index is 12.0. The number of nitrogens with zero attached hydrogens (tertiary/aromatic N) is 2. The lowest BCUT2D eigenvalue weighted by Gasteiger charge is -2.29. The van der Waals surface area contributed by atoms with Gasteiger partial charge < -0.3 is 9.67 Å². The van der Waals surface area contributed by atoms with Crippen molar-refractivity contribution in [1.82, 2.24) is 9.55 Å². The molecule has 0 spiro atoms. The number of aryl methyl sites for hydroxylation is 1. The van der Waals surface area contributed by atoms with Crippen molar-refractivity contribution in [2.75, 3.05) is 0 Å². The number of hydrogen-bond donors (Lipinski definition) is 1.